The Morgan fingerprint density at radius 2 is 2.11 bits per heavy atom. The molecular formula is C15H20N2O2. The van der Waals surface area contributed by atoms with E-state index in [1.807, 2.05) is 12.1 Å². The molecule has 0 spiro atoms. The summed E-state index contributed by atoms with van der Waals surface area (Å²) in [6, 6.07) is 7.97. The number of hydrogen-bond donors (Lipinski definition) is 1. The second-order valence-electron chi connectivity index (χ2n) is 4.95. The van der Waals surface area contributed by atoms with E-state index in [1.165, 1.54) is 11.1 Å². The van der Waals surface area contributed by atoms with Gasteiger partial charge in [0.15, 0.2) is 5.76 Å². The normalized spacial score (nSPS) is 11.0. The molecule has 0 saturated carbocycles. The van der Waals surface area contributed by atoms with Crippen LogP contribution in [0, 0.1) is 6.92 Å². The number of aromatic nitrogens is 1. The first-order valence-electron chi connectivity index (χ1n) is 6.48. The van der Waals surface area contributed by atoms with Crippen molar-refractivity contribution in [3.05, 3.63) is 46.8 Å². The van der Waals surface area contributed by atoms with Crippen molar-refractivity contribution >= 4 is 0 Å². The van der Waals surface area contributed by atoms with Crippen LogP contribution in [0.5, 0.6) is 5.75 Å². The first-order valence-corrected chi connectivity index (χ1v) is 6.48. The second kappa shape index (κ2) is 5.89. The minimum atomic E-state index is 0.369. The van der Waals surface area contributed by atoms with E-state index in [4.69, 9.17) is 15.0 Å². The van der Waals surface area contributed by atoms with Gasteiger partial charge in [-0.2, -0.15) is 0 Å². The van der Waals surface area contributed by atoms with E-state index in [9.17, 15) is 0 Å². The van der Waals surface area contributed by atoms with E-state index in [0.717, 1.165) is 11.4 Å². The molecule has 2 aromatic rings. The standard InChI is InChI=1S/C15H20N2O2/c1-10(2)15-5-4-13(6-11(15)3)18-9-14-7-12(8-16)17-19-14/h4-7,10H,8-9,16H2,1-3H3. The summed E-state index contributed by atoms with van der Waals surface area (Å²) < 4.78 is 10.8. The van der Waals surface area contributed by atoms with Crippen LogP contribution < -0.4 is 10.5 Å². The molecule has 0 saturated heterocycles. The van der Waals surface area contributed by atoms with Gasteiger partial charge in [-0.25, -0.2) is 0 Å². The first-order chi connectivity index (χ1) is 9.10. The SMILES string of the molecule is Cc1cc(OCc2cc(CN)no2)ccc1C(C)C. The molecule has 1 aromatic heterocycles. The molecule has 0 amide bonds. The zero-order chi connectivity index (χ0) is 13.8. The van der Waals surface area contributed by atoms with E-state index in [1.54, 1.807) is 0 Å². The van der Waals surface area contributed by atoms with Gasteiger partial charge in [0.05, 0.1) is 5.69 Å². The molecule has 0 radical (unpaired) electrons. The molecule has 4 heteroatoms. The molecule has 102 valence electrons. The highest BCUT2D eigenvalue weighted by molar-refractivity contribution is 5.36. The minimum absolute atomic E-state index is 0.369. The predicted molar refractivity (Wildman–Crippen MR) is 74.0 cm³/mol. The Bertz CT molecular complexity index is 547. The van der Waals surface area contributed by atoms with Crippen LogP contribution in [0.1, 0.15) is 42.3 Å². The lowest BCUT2D eigenvalue weighted by Gasteiger charge is -2.11. The van der Waals surface area contributed by atoms with Crippen LogP contribution in [0.4, 0.5) is 0 Å². The van der Waals surface area contributed by atoms with Crippen molar-refractivity contribution in [1.29, 1.82) is 0 Å². The Kier molecular flexibility index (Phi) is 4.22. The van der Waals surface area contributed by atoms with Gasteiger partial charge in [-0.1, -0.05) is 25.1 Å². The maximum Gasteiger partial charge on any atom is 0.174 e. The van der Waals surface area contributed by atoms with Gasteiger partial charge in [0, 0.05) is 12.6 Å². The van der Waals surface area contributed by atoms with Gasteiger partial charge in [-0.15, -0.1) is 0 Å². The molecule has 0 aliphatic carbocycles. The minimum Gasteiger partial charge on any atom is -0.486 e. The smallest absolute Gasteiger partial charge is 0.174 e. The third-order valence-electron chi connectivity index (χ3n) is 3.06. The molecule has 0 aliphatic heterocycles. The number of rotatable bonds is 5. The van der Waals surface area contributed by atoms with E-state index in [0.29, 0.717) is 24.8 Å². The van der Waals surface area contributed by atoms with Crippen LogP contribution in [0.3, 0.4) is 0 Å². The van der Waals surface area contributed by atoms with Crippen molar-refractivity contribution < 1.29 is 9.26 Å². The van der Waals surface area contributed by atoms with Gasteiger partial charge in [-0.05, 0) is 36.1 Å². The summed E-state index contributed by atoms with van der Waals surface area (Å²) in [6.07, 6.45) is 0. The van der Waals surface area contributed by atoms with Crippen molar-refractivity contribution in [2.75, 3.05) is 0 Å². The Morgan fingerprint density at radius 3 is 2.68 bits per heavy atom. The highest BCUT2D eigenvalue weighted by Gasteiger charge is 2.07. The van der Waals surface area contributed by atoms with Crippen molar-refractivity contribution in [2.24, 2.45) is 5.73 Å². The monoisotopic (exact) mass is 260 g/mol. The summed E-state index contributed by atoms with van der Waals surface area (Å²) in [5.74, 6) is 2.05. The van der Waals surface area contributed by atoms with Crippen LogP contribution in [0.25, 0.3) is 0 Å². The number of hydrogen-bond acceptors (Lipinski definition) is 4. The molecule has 19 heavy (non-hydrogen) atoms. The van der Waals surface area contributed by atoms with Crippen molar-refractivity contribution in [1.82, 2.24) is 5.16 Å². The summed E-state index contributed by atoms with van der Waals surface area (Å²) in [7, 11) is 0. The maximum absolute atomic E-state index is 5.69. The lowest BCUT2D eigenvalue weighted by atomic mass is 9.98. The van der Waals surface area contributed by atoms with Gasteiger partial charge in [-0.3, -0.25) is 0 Å². The fourth-order valence-corrected chi connectivity index (χ4v) is 2.06. The largest absolute Gasteiger partial charge is 0.486 e. The van der Waals surface area contributed by atoms with Crippen molar-refractivity contribution in [3.8, 4) is 5.75 Å². The fraction of sp³-hybridized carbons (Fsp3) is 0.400. The molecule has 0 atom stereocenters. The number of nitrogens with zero attached hydrogens (tertiary/aromatic N) is 1. The molecule has 1 heterocycles. The Morgan fingerprint density at radius 1 is 1.32 bits per heavy atom. The highest BCUT2D eigenvalue weighted by atomic mass is 16.5. The number of aryl methyl sites for hydroxylation is 1. The predicted octanol–water partition coefficient (Wildman–Crippen LogP) is 3.14. The average molecular weight is 260 g/mol. The van der Waals surface area contributed by atoms with Gasteiger partial charge in [0.25, 0.3) is 0 Å². The van der Waals surface area contributed by atoms with E-state index in [2.05, 4.69) is 38.1 Å². The van der Waals surface area contributed by atoms with Crippen molar-refractivity contribution in [3.63, 3.8) is 0 Å². The molecular weight excluding hydrogens is 240 g/mol. The zero-order valence-electron chi connectivity index (χ0n) is 11.6. The second-order valence-corrected chi connectivity index (χ2v) is 4.95. The molecule has 0 unspecified atom stereocenters. The summed E-state index contributed by atoms with van der Waals surface area (Å²) in [5, 5.41) is 3.82. The van der Waals surface area contributed by atoms with Crippen LogP contribution in [-0.4, -0.2) is 5.16 Å². The summed E-state index contributed by atoms with van der Waals surface area (Å²) >= 11 is 0. The van der Waals surface area contributed by atoms with Crippen LogP contribution in [0.2, 0.25) is 0 Å². The van der Waals surface area contributed by atoms with Crippen LogP contribution in [-0.2, 0) is 13.2 Å². The molecule has 4 nitrogen and oxygen atoms in total. The van der Waals surface area contributed by atoms with Crippen LogP contribution >= 0.6 is 0 Å². The molecule has 0 fully saturated rings. The van der Waals surface area contributed by atoms with Crippen molar-refractivity contribution in [2.45, 2.75) is 39.8 Å². The summed E-state index contributed by atoms with van der Waals surface area (Å²) in [6.45, 7) is 7.22. The molecule has 2 N–H and O–H groups in total. The van der Waals surface area contributed by atoms with E-state index in [-0.39, 0.29) is 0 Å². The lowest BCUT2D eigenvalue weighted by Crippen LogP contribution is -1.97. The molecule has 0 bridgehead atoms. The van der Waals surface area contributed by atoms with E-state index < -0.39 is 0 Å². The lowest BCUT2D eigenvalue weighted by molar-refractivity contribution is 0.248. The highest BCUT2D eigenvalue weighted by Crippen LogP contribution is 2.24. The average Bonchev–Trinajstić information content (AvgIpc) is 2.84. The molecule has 2 rings (SSSR count). The number of nitrogens with two attached hydrogens (primary N) is 1. The maximum atomic E-state index is 5.69. The summed E-state index contributed by atoms with van der Waals surface area (Å²) in [4.78, 5) is 0. The fourth-order valence-electron chi connectivity index (χ4n) is 2.06. The quantitative estimate of drug-likeness (QED) is 0.897. The molecule has 0 aliphatic rings. The third kappa shape index (κ3) is 3.35. The third-order valence-corrected chi connectivity index (χ3v) is 3.06. The van der Waals surface area contributed by atoms with Gasteiger partial charge < -0.3 is 15.0 Å². The number of ether oxygens (including phenoxy) is 1. The van der Waals surface area contributed by atoms with Gasteiger partial charge in [0.1, 0.15) is 12.4 Å². The number of benzene rings is 1. The first kappa shape index (κ1) is 13.6. The zero-order valence-corrected chi connectivity index (χ0v) is 11.6. The molecule has 1 aromatic carbocycles. The van der Waals surface area contributed by atoms with E-state index >= 15 is 0 Å². The van der Waals surface area contributed by atoms with Gasteiger partial charge in [0.2, 0.25) is 0 Å². The topological polar surface area (TPSA) is 61.3 Å². The Labute approximate surface area is 113 Å². The van der Waals surface area contributed by atoms with Gasteiger partial charge >= 0.3 is 0 Å². The Balaban J connectivity index is 2.01. The summed E-state index contributed by atoms with van der Waals surface area (Å²) in [5.41, 5.74) is 8.80. The Hall–Kier alpha value is -1.81. The van der Waals surface area contributed by atoms with Crippen LogP contribution in [0.15, 0.2) is 28.8 Å².